The van der Waals surface area contributed by atoms with Crippen molar-refractivity contribution in [3.8, 4) is 0 Å². The molecule has 0 aromatic carbocycles. The molecule has 0 radical (unpaired) electrons. The molecule has 0 saturated heterocycles. The Morgan fingerprint density at radius 3 is 2.25 bits per heavy atom. The van der Waals surface area contributed by atoms with Gasteiger partial charge in [0.25, 0.3) is 0 Å². The maximum Gasteiger partial charge on any atom is 0.194 e. The minimum Gasteiger partial charge on any atom is -0.288 e. The van der Waals surface area contributed by atoms with Crippen molar-refractivity contribution in [3.63, 3.8) is 0 Å². The summed E-state index contributed by atoms with van der Waals surface area (Å²) < 4.78 is 0. The fraction of sp³-hybridized carbons (Fsp3) is 0.400. The van der Waals surface area contributed by atoms with Crippen molar-refractivity contribution in [2.75, 3.05) is 12.5 Å². The lowest BCUT2D eigenvalue weighted by molar-refractivity contribution is -0.109. The summed E-state index contributed by atoms with van der Waals surface area (Å²) in [5.74, 6) is 0.217. The Morgan fingerprint density at radius 1 is 1.17 bits per heavy atom. The minimum absolute atomic E-state index is 0.0764. The summed E-state index contributed by atoms with van der Waals surface area (Å²) in [6, 6.07) is 0. The molecule has 66 valence electrons. The van der Waals surface area contributed by atoms with Crippen LogP contribution in [0.3, 0.4) is 0 Å². The lowest BCUT2D eigenvalue weighted by Gasteiger charge is -2.11. The molecule has 0 saturated carbocycles. The summed E-state index contributed by atoms with van der Waals surface area (Å²) in [7, 11) is 0.0764. The molecule has 0 amide bonds. The first-order valence-electron chi connectivity index (χ1n) is 3.88. The molecule has 0 aromatic rings. The molecule has 2 heteroatoms. The van der Waals surface area contributed by atoms with Crippen LogP contribution in [0.2, 0.25) is 0 Å². The summed E-state index contributed by atoms with van der Waals surface area (Å²) in [6.07, 6.45) is 8.10. The zero-order valence-electron chi connectivity index (χ0n) is 7.97. The van der Waals surface area contributed by atoms with E-state index in [0.717, 1.165) is 10.4 Å². The van der Waals surface area contributed by atoms with Gasteiger partial charge in [0.05, 0.1) is 0 Å². The van der Waals surface area contributed by atoms with E-state index < -0.39 is 0 Å². The molecule has 0 spiro atoms. The molecule has 0 fully saturated rings. The summed E-state index contributed by atoms with van der Waals surface area (Å²) >= 11 is 0. The molecular formula is C10H14OS. The van der Waals surface area contributed by atoms with Gasteiger partial charge in [-0.25, -0.2) is 0 Å². The molecule has 1 aliphatic carbocycles. The minimum atomic E-state index is 0.0764. The number of ketones is 1. The third-order valence-electron chi connectivity index (χ3n) is 1.82. The van der Waals surface area contributed by atoms with Crippen molar-refractivity contribution in [1.82, 2.24) is 0 Å². The van der Waals surface area contributed by atoms with Crippen LogP contribution in [-0.4, -0.2) is 23.2 Å². The van der Waals surface area contributed by atoms with Crippen LogP contribution in [-0.2, 0) is 4.79 Å². The molecule has 1 nitrogen and oxygen atoms in total. The Kier molecular flexibility index (Phi) is 2.68. The highest BCUT2D eigenvalue weighted by Crippen LogP contribution is 2.17. The van der Waals surface area contributed by atoms with Gasteiger partial charge < -0.3 is 0 Å². The van der Waals surface area contributed by atoms with E-state index in [2.05, 4.69) is 12.5 Å². The van der Waals surface area contributed by atoms with Gasteiger partial charge in [-0.2, -0.15) is 10.5 Å². The molecule has 12 heavy (non-hydrogen) atoms. The second-order valence-corrected chi connectivity index (χ2v) is 5.30. The van der Waals surface area contributed by atoms with Gasteiger partial charge in [0.2, 0.25) is 0 Å². The predicted octanol–water partition coefficient (Wildman–Crippen LogP) is 2.16. The van der Waals surface area contributed by atoms with Gasteiger partial charge in [-0.05, 0) is 43.6 Å². The van der Waals surface area contributed by atoms with Crippen LogP contribution >= 0.6 is 10.5 Å². The van der Waals surface area contributed by atoms with E-state index in [0.29, 0.717) is 0 Å². The van der Waals surface area contributed by atoms with Gasteiger partial charge in [0.1, 0.15) is 0 Å². The van der Waals surface area contributed by atoms with Crippen LogP contribution in [0.4, 0.5) is 0 Å². The van der Waals surface area contributed by atoms with Crippen molar-refractivity contribution < 1.29 is 4.79 Å². The molecule has 0 aromatic heterocycles. The second-order valence-electron chi connectivity index (χ2n) is 3.23. The van der Waals surface area contributed by atoms with E-state index in [1.165, 1.54) is 5.57 Å². The number of carbonyl (C=O) groups is 1. The molecular weight excluding hydrogens is 168 g/mol. The number of hydrogen-bond donors (Lipinski definition) is 0. The Bertz CT molecular complexity index is 315. The first-order valence-corrected chi connectivity index (χ1v) is 5.92. The fourth-order valence-electron chi connectivity index (χ4n) is 1.22. The van der Waals surface area contributed by atoms with Gasteiger partial charge in [-0.1, -0.05) is 6.08 Å². The average molecular weight is 182 g/mol. The summed E-state index contributed by atoms with van der Waals surface area (Å²) in [5, 5.41) is 0. The number of Topliss-reactive ketones (excluding diaryl/α,β-unsaturated/α-hetero) is 1. The van der Waals surface area contributed by atoms with Gasteiger partial charge in [0, 0.05) is 4.86 Å². The second kappa shape index (κ2) is 3.40. The molecule has 1 rings (SSSR count). The van der Waals surface area contributed by atoms with Crippen LogP contribution in [0.25, 0.3) is 0 Å². The van der Waals surface area contributed by atoms with Gasteiger partial charge in [-0.15, -0.1) is 0 Å². The van der Waals surface area contributed by atoms with Crippen LogP contribution in [0.1, 0.15) is 13.8 Å². The van der Waals surface area contributed by atoms with E-state index in [1.54, 1.807) is 0 Å². The number of carbonyl (C=O) groups excluding carboxylic acids is 1. The number of rotatable bonds is 0. The molecule has 0 N–H and O–H groups in total. The highest BCUT2D eigenvalue weighted by atomic mass is 32.2. The number of hydrogen-bond acceptors (Lipinski definition) is 1. The van der Waals surface area contributed by atoms with Gasteiger partial charge in [-0.3, -0.25) is 4.79 Å². The van der Waals surface area contributed by atoms with Crippen LogP contribution in [0.5, 0.6) is 0 Å². The SMILES string of the molecule is CC1=CC(=S(C)C)C(=O)C(C)=C1. The maximum absolute atomic E-state index is 11.6. The highest BCUT2D eigenvalue weighted by molar-refractivity contribution is 8.16. The Labute approximate surface area is 76.1 Å². The smallest absolute Gasteiger partial charge is 0.194 e. The van der Waals surface area contributed by atoms with Crippen LogP contribution in [0, 0.1) is 0 Å². The third-order valence-corrected chi connectivity index (χ3v) is 3.01. The largest absolute Gasteiger partial charge is 0.288 e. The lowest BCUT2D eigenvalue weighted by Crippen LogP contribution is -2.16. The Balaban J connectivity index is 3.21. The normalized spacial score (nSPS) is 18.1. The van der Waals surface area contributed by atoms with E-state index in [9.17, 15) is 4.79 Å². The zero-order valence-corrected chi connectivity index (χ0v) is 8.79. The molecule has 0 atom stereocenters. The number of allylic oxidation sites excluding steroid dienone is 4. The maximum atomic E-state index is 11.6. The first kappa shape index (κ1) is 9.46. The van der Waals surface area contributed by atoms with E-state index >= 15 is 0 Å². The topological polar surface area (TPSA) is 17.1 Å². The van der Waals surface area contributed by atoms with Crippen LogP contribution < -0.4 is 0 Å². The van der Waals surface area contributed by atoms with Crippen LogP contribution in [0.15, 0.2) is 23.3 Å². The monoisotopic (exact) mass is 182 g/mol. The van der Waals surface area contributed by atoms with Crippen molar-refractivity contribution >= 4 is 21.1 Å². The molecule has 0 unspecified atom stereocenters. The van der Waals surface area contributed by atoms with Gasteiger partial charge in [0.15, 0.2) is 5.78 Å². The Hall–Kier alpha value is -0.630. The predicted molar refractivity (Wildman–Crippen MR) is 57.0 cm³/mol. The molecule has 1 aliphatic rings. The van der Waals surface area contributed by atoms with E-state index in [4.69, 9.17) is 0 Å². The van der Waals surface area contributed by atoms with Crippen molar-refractivity contribution in [3.05, 3.63) is 23.3 Å². The molecule has 0 heterocycles. The summed E-state index contributed by atoms with van der Waals surface area (Å²) in [5.41, 5.74) is 2.05. The zero-order chi connectivity index (χ0) is 9.30. The van der Waals surface area contributed by atoms with E-state index in [1.807, 2.05) is 26.0 Å². The van der Waals surface area contributed by atoms with E-state index in [-0.39, 0.29) is 16.3 Å². The van der Waals surface area contributed by atoms with Crippen molar-refractivity contribution in [2.45, 2.75) is 13.8 Å². The quantitative estimate of drug-likeness (QED) is 0.525. The molecule has 0 bridgehead atoms. The van der Waals surface area contributed by atoms with Gasteiger partial charge >= 0.3 is 0 Å². The average Bonchev–Trinajstić information content (AvgIpc) is 1.96. The Morgan fingerprint density at radius 2 is 1.75 bits per heavy atom. The summed E-state index contributed by atoms with van der Waals surface area (Å²) in [4.78, 5) is 12.5. The first-order chi connectivity index (χ1) is 5.52. The van der Waals surface area contributed by atoms with Crippen molar-refractivity contribution in [1.29, 1.82) is 0 Å². The molecule has 0 aliphatic heterocycles. The third kappa shape index (κ3) is 1.75. The standard InChI is InChI=1S/C10H14OS/c1-7-5-8(2)10(11)9(6-7)12(3)4/h5-6H,1-4H3. The van der Waals surface area contributed by atoms with Crippen molar-refractivity contribution in [2.24, 2.45) is 0 Å². The summed E-state index contributed by atoms with van der Waals surface area (Å²) in [6.45, 7) is 3.91. The fourth-order valence-corrected chi connectivity index (χ4v) is 2.17. The highest BCUT2D eigenvalue weighted by Gasteiger charge is 2.14. The lowest BCUT2D eigenvalue weighted by atomic mass is 10.0.